The van der Waals surface area contributed by atoms with Crippen molar-refractivity contribution in [1.82, 2.24) is 0 Å². The van der Waals surface area contributed by atoms with Gasteiger partial charge in [-0.25, -0.2) is 0 Å². The Balaban J connectivity index is 1.62. The van der Waals surface area contributed by atoms with Gasteiger partial charge in [-0.1, -0.05) is 52.3 Å². The Bertz CT molecular complexity index is 780. The molecular formula is C28H45NO2. The highest BCUT2D eigenvalue weighted by Gasteiger charge is 2.53. The first-order chi connectivity index (χ1) is 14.6. The number of hydrogen-bond donors (Lipinski definition) is 2. The molecule has 3 heteroatoms. The van der Waals surface area contributed by atoms with Gasteiger partial charge in [-0.05, 0) is 98.9 Å². The van der Waals surface area contributed by atoms with Crippen LogP contribution in [-0.4, -0.2) is 28.3 Å². The lowest BCUT2D eigenvalue weighted by molar-refractivity contribution is 0.0210. The molecule has 0 aromatic rings. The molecule has 0 aromatic carbocycles. The van der Waals surface area contributed by atoms with Crippen LogP contribution in [-0.2, 0) is 0 Å². The normalized spacial score (nSPS) is 41.2. The third-order valence-corrected chi connectivity index (χ3v) is 9.96. The first kappa shape index (κ1) is 23.2. The van der Waals surface area contributed by atoms with E-state index in [1.54, 1.807) is 5.57 Å². The summed E-state index contributed by atoms with van der Waals surface area (Å²) in [5.41, 5.74) is 6.01. The van der Waals surface area contributed by atoms with E-state index in [0.717, 1.165) is 57.8 Å². The quantitative estimate of drug-likeness (QED) is 0.495. The van der Waals surface area contributed by atoms with Crippen LogP contribution in [0.5, 0.6) is 0 Å². The zero-order valence-corrected chi connectivity index (χ0v) is 20.6. The lowest BCUT2D eigenvalue weighted by Crippen LogP contribution is -2.51. The molecular weight excluding hydrogens is 382 g/mol. The average Bonchev–Trinajstić information content (AvgIpc) is 2.72. The Morgan fingerprint density at radius 2 is 1.81 bits per heavy atom. The predicted octanol–water partition coefficient (Wildman–Crippen LogP) is 6.45. The molecule has 31 heavy (non-hydrogen) atoms. The van der Waals surface area contributed by atoms with E-state index in [2.05, 4.69) is 41.2 Å². The van der Waals surface area contributed by atoms with E-state index in [4.69, 9.17) is 4.99 Å². The summed E-state index contributed by atoms with van der Waals surface area (Å²) in [5, 5.41) is 21.1. The largest absolute Gasteiger partial charge is 0.393 e. The standard InChI is InChI=1S/C28H45NO2/c1-17(2)18(3)7-8-19(4)24-16-25(31)29-26-22-10-9-20-15-21(30)11-13-27(20,5)23(22)12-14-28(24,26)6/h17,19-21,24-25,30-31H,3,7-16H2,1-2,4-6H3/t19-,20-,21-,24+,25+,27-,28+/m0/s1. The Hall–Kier alpha value is -0.930. The van der Waals surface area contributed by atoms with Gasteiger partial charge in [0.25, 0.3) is 0 Å². The van der Waals surface area contributed by atoms with Gasteiger partial charge >= 0.3 is 0 Å². The summed E-state index contributed by atoms with van der Waals surface area (Å²) in [6, 6.07) is 0. The first-order valence-electron chi connectivity index (χ1n) is 12.9. The molecule has 4 rings (SSSR count). The third kappa shape index (κ3) is 3.99. The summed E-state index contributed by atoms with van der Waals surface area (Å²) in [6.07, 6.45) is 9.91. The Labute approximate surface area is 190 Å². The summed E-state index contributed by atoms with van der Waals surface area (Å²) in [6.45, 7) is 16.1. The van der Waals surface area contributed by atoms with E-state index in [9.17, 15) is 10.2 Å². The molecule has 4 aliphatic rings. The number of aliphatic imine (C=N–C) groups is 1. The lowest BCUT2D eigenvalue weighted by Gasteiger charge is -2.55. The van der Waals surface area contributed by atoms with Gasteiger partial charge in [0.05, 0.1) is 6.10 Å². The average molecular weight is 428 g/mol. The van der Waals surface area contributed by atoms with Crippen molar-refractivity contribution in [3.63, 3.8) is 0 Å². The zero-order chi connectivity index (χ0) is 22.6. The van der Waals surface area contributed by atoms with E-state index in [-0.39, 0.29) is 16.9 Å². The van der Waals surface area contributed by atoms with Crippen LogP contribution in [0.25, 0.3) is 0 Å². The fourth-order valence-corrected chi connectivity index (χ4v) is 7.61. The summed E-state index contributed by atoms with van der Waals surface area (Å²) in [4.78, 5) is 4.95. The number of rotatable bonds is 5. The van der Waals surface area contributed by atoms with Crippen molar-refractivity contribution in [3.8, 4) is 0 Å². The van der Waals surface area contributed by atoms with Gasteiger partial charge in [-0.3, -0.25) is 4.99 Å². The van der Waals surface area contributed by atoms with Crippen molar-refractivity contribution in [2.24, 2.45) is 39.5 Å². The molecule has 3 aliphatic carbocycles. The van der Waals surface area contributed by atoms with Gasteiger partial charge in [0.2, 0.25) is 0 Å². The highest BCUT2D eigenvalue weighted by molar-refractivity contribution is 6.06. The maximum atomic E-state index is 10.8. The van der Waals surface area contributed by atoms with Crippen molar-refractivity contribution in [2.45, 2.75) is 111 Å². The van der Waals surface area contributed by atoms with Crippen LogP contribution in [0.4, 0.5) is 0 Å². The monoisotopic (exact) mass is 427 g/mol. The first-order valence-corrected chi connectivity index (χ1v) is 12.9. The van der Waals surface area contributed by atoms with Crippen molar-refractivity contribution in [1.29, 1.82) is 0 Å². The summed E-state index contributed by atoms with van der Waals surface area (Å²) < 4.78 is 0. The minimum atomic E-state index is -0.561. The number of nitrogens with zero attached hydrogens (tertiary/aromatic N) is 1. The number of fused-ring (bicyclic) bond motifs is 4. The second kappa shape index (κ2) is 8.45. The fraction of sp³-hybridized carbons (Fsp3) is 0.821. The minimum absolute atomic E-state index is 0.0774. The smallest absolute Gasteiger partial charge is 0.145 e. The third-order valence-electron chi connectivity index (χ3n) is 9.96. The van der Waals surface area contributed by atoms with E-state index >= 15 is 0 Å². The highest BCUT2D eigenvalue weighted by Crippen LogP contribution is 2.60. The van der Waals surface area contributed by atoms with Gasteiger partial charge in [0.1, 0.15) is 6.23 Å². The van der Waals surface area contributed by atoms with E-state index < -0.39 is 6.23 Å². The minimum Gasteiger partial charge on any atom is -0.393 e. The van der Waals surface area contributed by atoms with Gasteiger partial charge in [-0.2, -0.15) is 0 Å². The second-order valence-electron chi connectivity index (χ2n) is 12.1. The Morgan fingerprint density at radius 3 is 2.52 bits per heavy atom. The van der Waals surface area contributed by atoms with Crippen molar-refractivity contribution in [2.75, 3.05) is 0 Å². The number of hydrogen-bond acceptors (Lipinski definition) is 3. The molecule has 7 atom stereocenters. The molecule has 1 heterocycles. The van der Waals surface area contributed by atoms with Gasteiger partial charge in [0.15, 0.2) is 0 Å². The maximum Gasteiger partial charge on any atom is 0.145 e. The van der Waals surface area contributed by atoms with Gasteiger partial charge < -0.3 is 10.2 Å². The number of aliphatic hydroxyl groups excluding tert-OH is 2. The van der Waals surface area contributed by atoms with E-state index in [1.165, 1.54) is 23.3 Å². The van der Waals surface area contributed by atoms with Crippen molar-refractivity contribution >= 4 is 5.71 Å². The predicted molar refractivity (Wildman–Crippen MR) is 129 cm³/mol. The second-order valence-corrected chi connectivity index (χ2v) is 12.1. The zero-order valence-electron chi connectivity index (χ0n) is 20.6. The summed E-state index contributed by atoms with van der Waals surface area (Å²) in [7, 11) is 0. The van der Waals surface area contributed by atoms with Crippen LogP contribution < -0.4 is 0 Å². The molecule has 0 unspecified atom stereocenters. The molecule has 0 bridgehead atoms. The van der Waals surface area contributed by atoms with E-state index in [1.807, 2.05) is 0 Å². The van der Waals surface area contributed by atoms with Crippen LogP contribution in [0.2, 0.25) is 0 Å². The molecule has 2 N–H and O–H groups in total. The molecule has 174 valence electrons. The lowest BCUT2D eigenvalue weighted by atomic mass is 9.50. The van der Waals surface area contributed by atoms with Crippen LogP contribution in [0.3, 0.4) is 0 Å². The molecule has 1 fully saturated rings. The molecule has 3 nitrogen and oxygen atoms in total. The van der Waals surface area contributed by atoms with Crippen LogP contribution in [0.1, 0.15) is 98.8 Å². The maximum absolute atomic E-state index is 10.8. The SMILES string of the molecule is C=C(CC[C@H](C)[C@H]1C[C@@H](O)N=C2C3=C(CC[C@@]21C)[C@@]1(C)CC[C@H](O)C[C@@H]1CC3)C(C)C. The molecule has 1 saturated carbocycles. The van der Waals surface area contributed by atoms with Gasteiger partial charge in [-0.15, -0.1) is 0 Å². The summed E-state index contributed by atoms with van der Waals surface area (Å²) >= 11 is 0. The van der Waals surface area contributed by atoms with Crippen LogP contribution >= 0.6 is 0 Å². The van der Waals surface area contributed by atoms with Crippen molar-refractivity contribution in [3.05, 3.63) is 23.3 Å². The van der Waals surface area contributed by atoms with Crippen LogP contribution in [0, 0.1) is 34.5 Å². The van der Waals surface area contributed by atoms with Gasteiger partial charge in [0, 0.05) is 11.1 Å². The Morgan fingerprint density at radius 1 is 1.06 bits per heavy atom. The molecule has 0 aromatic heterocycles. The fourth-order valence-electron chi connectivity index (χ4n) is 7.61. The molecule has 0 saturated heterocycles. The highest BCUT2D eigenvalue weighted by atomic mass is 16.3. The topological polar surface area (TPSA) is 52.8 Å². The molecule has 0 spiro atoms. The molecule has 0 amide bonds. The van der Waals surface area contributed by atoms with Crippen LogP contribution in [0.15, 0.2) is 28.3 Å². The molecule has 1 aliphatic heterocycles. The number of aliphatic hydroxyl groups is 2. The summed E-state index contributed by atoms with van der Waals surface area (Å²) in [5.74, 6) is 2.18. The van der Waals surface area contributed by atoms with E-state index in [0.29, 0.717) is 23.7 Å². The number of allylic oxidation sites excluding steroid dienone is 3. The van der Waals surface area contributed by atoms with Crippen molar-refractivity contribution < 1.29 is 10.2 Å². The Kier molecular flexibility index (Phi) is 6.33. The molecule has 0 radical (unpaired) electrons.